The van der Waals surface area contributed by atoms with Crippen LogP contribution in [0.15, 0.2) is 51.8 Å². The Morgan fingerprint density at radius 1 is 1.00 bits per heavy atom. The van der Waals surface area contributed by atoms with E-state index in [0.29, 0.717) is 28.9 Å². The first-order chi connectivity index (χ1) is 12.9. The molecule has 4 nitrogen and oxygen atoms in total. The summed E-state index contributed by atoms with van der Waals surface area (Å²) in [5, 5.41) is 3.47. The van der Waals surface area contributed by atoms with Crippen LogP contribution >= 0.6 is 15.9 Å². The largest absolute Gasteiger partial charge is 0.435 e. The molecule has 0 spiro atoms. The maximum atomic E-state index is 14.6. The van der Waals surface area contributed by atoms with E-state index in [4.69, 9.17) is 0 Å². The van der Waals surface area contributed by atoms with Crippen LogP contribution in [0.5, 0.6) is 0 Å². The second-order valence-electron chi connectivity index (χ2n) is 5.84. The highest BCUT2D eigenvalue weighted by atomic mass is 79.9. The summed E-state index contributed by atoms with van der Waals surface area (Å²) in [6, 6.07) is 7.49. The Morgan fingerprint density at radius 3 is 2.14 bits per heavy atom. The highest BCUT2D eigenvalue weighted by molar-refractivity contribution is 9.10. The van der Waals surface area contributed by atoms with Gasteiger partial charge >= 0.3 is 6.18 Å². The van der Waals surface area contributed by atoms with E-state index in [1.165, 1.54) is 24.3 Å². The molecule has 0 N–H and O–H groups in total. The van der Waals surface area contributed by atoms with Gasteiger partial charge in [-0.2, -0.15) is 18.3 Å². The SMILES string of the molecule is CS(=O)(=O)c1cc(F)c(-c2cc(C(F)(F)F)nn2-c2ccc(Br)cc2)cc1F. The maximum absolute atomic E-state index is 14.6. The molecule has 1 aromatic heterocycles. The summed E-state index contributed by atoms with van der Waals surface area (Å²) in [6.45, 7) is 0. The van der Waals surface area contributed by atoms with Gasteiger partial charge in [-0.25, -0.2) is 21.9 Å². The van der Waals surface area contributed by atoms with Crippen molar-refractivity contribution in [3.05, 3.63) is 64.3 Å². The van der Waals surface area contributed by atoms with Gasteiger partial charge in [-0.1, -0.05) is 15.9 Å². The molecule has 0 unspecified atom stereocenters. The quantitative estimate of drug-likeness (QED) is 0.495. The zero-order valence-corrected chi connectivity index (χ0v) is 16.3. The Kier molecular flexibility index (Phi) is 5.09. The third-order valence-electron chi connectivity index (χ3n) is 3.77. The monoisotopic (exact) mass is 480 g/mol. The van der Waals surface area contributed by atoms with Crippen LogP contribution in [-0.2, 0) is 16.0 Å². The molecule has 0 amide bonds. The van der Waals surface area contributed by atoms with Gasteiger partial charge in [0.2, 0.25) is 0 Å². The molecule has 0 saturated carbocycles. The molecule has 148 valence electrons. The number of hydrogen-bond acceptors (Lipinski definition) is 3. The molecule has 0 bridgehead atoms. The van der Waals surface area contributed by atoms with Gasteiger partial charge in [-0.05, 0) is 42.5 Å². The van der Waals surface area contributed by atoms with E-state index >= 15 is 0 Å². The summed E-state index contributed by atoms with van der Waals surface area (Å²) in [6.07, 6.45) is -4.13. The molecule has 1 heterocycles. The van der Waals surface area contributed by atoms with E-state index in [2.05, 4.69) is 21.0 Å². The summed E-state index contributed by atoms with van der Waals surface area (Å²) in [4.78, 5) is -0.889. The van der Waals surface area contributed by atoms with Gasteiger partial charge < -0.3 is 0 Å². The number of alkyl halides is 3. The van der Waals surface area contributed by atoms with Crippen LogP contribution in [0.3, 0.4) is 0 Å². The van der Waals surface area contributed by atoms with Crippen LogP contribution in [0.4, 0.5) is 22.0 Å². The smallest absolute Gasteiger partial charge is 0.232 e. The number of sulfone groups is 1. The lowest BCUT2D eigenvalue weighted by molar-refractivity contribution is -0.141. The molecule has 0 aliphatic carbocycles. The molecule has 3 aromatic rings. The highest BCUT2D eigenvalue weighted by Crippen LogP contribution is 2.35. The van der Waals surface area contributed by atoms with Gasteiger partial charge in [0, 0.05) is 16.3 Å². The molecule has 0 saturated heterocycles. The van der Waals surface area contributed by atoms with Crippen molar-refractivity contribution in [2.45, 2.75) is 11.1 Å². The number of nitrogens with zero attached hydrogens (tertiary/aromatic N) is 2. The molecule has 0 radical (unpaired) electrons. The standard InChI is InChI=1S/C17H10BrF5N2O2S/c1-28(26,27)15-7-12(19)11(6-13(15)20)14-8-16(17(21,22)23)24-25(14)10-4-2-9(18)3-5-10/h2-8H,1H3. The van der Waals surface area contributed by atoms with Gasteiger partial charge in [0.15, 0.2) is 15.5 Å². The van der Waals surface area contributed by atoms with Crippen LogP contribution in [0.2, 0.25) is 0 Å². The third-order valence-corrected chi connectivity index (χ3v) is 5.41. The lowest BCUT2D eigenvalue weighted by Gasteiger charge is -2.10. The number of benzene rings is 2. The number of aromatic nitrogens is 2. The van der Waals surface area contributed by atoms with E-state index in [1.54, 1.807) is 0 Å². The predicted molar refractivity (Wildman–Crippen MR) is 94.7 cm³/mol. The fourth-order valence-corrected chi connectivity index (χ4v) is 3.49. The normalized spacial score (nSPS) is 12.4. The fourth-order valence-electron chi connectivity index (χ4n) is 2.50. The van der Waals surface area contributed by atoms with Gasteiger partial charge in [0.25, 0.3) is 0 Å². The van der Waals surface area contributed by atoms with Crippen LogP contribution in [0.1, 0.15) is 5.69 Å². The zero-order chi connectivity index (χ0) is 20.9. The van der Waals surface area contributed by atoms with Gasteiger partial charge in [0.05, 0.1) is 11.4 Å². The molecule has 2 aromatic carbocycles. The topological polar surface area (TPSA) is 52.0 Å². The summed E-state index contributed by atoms with van der Waals surface area (Å²) in [5.74, 6) is -2.48. The molecular formula is C17H10BrF5N2O2S. The number of rotatable bonds is 3. The summed E-state index contributed by atoms with van der Waals surface area (Å²) >= 11 is 3.19. The summed E-state index contributed by atoms with van der Waals surface area (Å²) in [5.41, 5.74) is -2.08. The van der Waals surface area contributed by atoms with Crippen molar-refractivity contribution in [2.75, 3.05) is 6.26 Å². The first-order valence-corrected chi connectivity index (χ1v) is 10.2. The third kappa shape index (κ3) is 3.95. The van der Waals surface area contributed by atoms with Gasteiger partial charge in [-0.3, -0.25) is 0 Å². The van der Waals surface area contributed by atoms with Crippen LogP contribution in [-0.4, -0.2) is 24.5 Å². The summed E-state index contributed by atoms with van der Waals surface area (Å²) in [7, 11) is -4.06. The van der Waals surface area contributed by atoms with E-state index in [-0.39, 0.29) is 11.4 Å². The Morgan fingerprint density at radius 2 is 1.61 bits per heavy atom. The average Bonchev–Trinajstić information content (AvgIpc) is 3.01. The van der Waals surface area contributed by atoms with Gasteiger partial charge in [-0.15, -0.1) is 0 Å². The van der Waals surface area contributed by atoms with Crippen LogP contribution < -0.4 is 0 Å². The lowest BCUT2D eigenvalue weighted by Crippen LogP contribution is -2.07. The van der Waals surface area contributed by atoms with Crippen molar-refractivity contribution in [1.82, 2.24) is 9.78 Å². The first-order valence-electron chi connectivity index (χ1n) is 7.50. The molecule has 0 fully saturated rings. The molecule has 3 rings (SSSR count). The minimum atomic E-state index is -4.82. The number of halogens is 6. The summed E-state index contributed by atoms with van der Waals surface area (Å²) < 4.78 is 92.8. The van der Waals surface area contributed by atoms with E-state index < -0.39 is 43.8 Å². The zero-order valence-electron chi connectivity index (χ0n) is 13.9. The molecule has 0 atom stereocenters. The Balaban J connectivity index is 2.28. The molecule has 28 heavy (non-hydrogen) atoms. The van der Waals surface area contributed by atoms with Gasteiger partial charge in [0.1, 0.15) is 16.5 Å². The highest BCUT2D eigenvalue weighted by Gasteiger charge is 2.36. The fraction of sp³-hybridized carbons (Fsp3) is 0.118. The van der Waals surface area contributed by atoms with Crippen molar-refractivity contribution in [3.63, 3.8) is 0 Å². The maximum Gasteiger partial charge on any atom is 0.435 e. The van der Waals surface area contributed by atoms with Crippen molar-refractivity contribution >= 4 is 25.8 Å². The molecular weight excluding hydrogens is 471 g/mol. The second-order valence-corrected chi connectivity index (χ2v) is 8.74. The molecule has 0 aliphatic heterocycles. The van der Waals surface area contributed by atoms with Crippen molar-refractivity contribution in [3.8, 4) is 16.9 Å². The van der Waals surface area contributed by atoms with E-state index in [9.17, 15) is 30.4 Å². The van der Waals surface area contributed by atoms with Crippen LogP contribution in [0.25, 0.3) is 16.9 Å². The van der Waals surface area contributed by atoms with Crippen molar-refractivity contribution in [2.24, 2.45) is 0 Å². The van der Waals surface area contributed by atoms with E-state index in [1.807, 2.05) is 0 Å². The average molecular weight is 481 g/mol. The second kappa shape index (κ2) is 6.96. The molecule has 0 aliphatic rings. The first kappa shape index (κ1) is 20.5. The molecule has 11 heteroatoms. The Bertz CT molecular complexity index is 1160. The van der Waals surface area contributed by atoms with E-state index in [0.717, 1.165) is 4.68 Å². The minimum Gasteiger partial charge on any atom is -0.232 e. The Hall–Kier alpha value is -2.27. The van der Waals surface area contributed by atoms with Crippen molar-refractivity contribution in [1.29, 1.82) is 0 Å². The predicted octanol–water partition coefficient (Wildman–Crippen LogP) is 5.00. The number of hydrogen-bond donors (Lipinski definition) is 0. The minimum absolute atomic E-state index is 0.167. The Labute approximate surface area is 164 Å². The lowest BCUT2D eigenvalue weighted by atomic mass is 10.1. The van der Waals surface area contributed by atoms with Crippen molar-refractivity contribution < 1.29 is 30.4 Å². The van der Waals surface area contributed by atoms with Crippen LogP contribution in [0, 0.1) is 11.6 Å².